The predicted octanol–water partition coefficient (Wildman–Crippen LogP) is 1.34. The molecular weight excluding hydrogens is 191 g/mol. The molecule has 84 valence electrons. The number of rotatable bonds is 6. The second kappa shape index (κ2) is 6.92. The Labute approximate surface area is 102 Å². The minimum atomic E-state index is -1.66. The summed E-state index contributed by atoms with van der Waals surface area (Å²) in [5.41, 5.74) is -1.66. The van der Waals surface area contributed by atoms with Gasteiger partial charge in [-0.2, -0.15) is 0 Å². The van der Waals surface area contributed by atoms with Crippen molar-refractivity contribution in [2.45, 2.75) is 40.0 Å². The van der Waals surface area contributed by atoms with Crippen LogP contribution in [0.1, 0.15) is 40.0 Å². The average Bonchev–Trinajstić information content (AvgIpc) is 2.11. The van der Waals surface area contributed by atoms with Gasteiger partial charge in [-0.3, -0.25) is 9.59 Å². The number of hydrogen-bond acceptors (Lipinski definition) is 2. The molecule has 0 bridgehead atoms. The average molecular weight is 210 g/mol. The monoisotopic (exact) mass is 210 g/mol. The third kappa shape index (κ3) is 3.88. The molecule has 5 heteroatoms. The normalized spacial score (nSPS) is 12.7. The van der Waals surface area contributed by atoms with E-state index in [0.717, 1.165) is 12.8 Å². The van der Waals surface area contributed by atoms with Crippen LogP contribution in [-0.4, -0.2) is 41.0 Å². The maximum absolute atomic E-state index is 10.9. The Hall–Kier alpha value is -0.463. The molecule has 4 nitrogen and oxygen atoms in total. The van der Waals surface area contributed by atoms with Crippen molar-refractivity contribution in [2.75, 3.05) is 0 Å². The zero-order valence-corrected chi connectivity index (χ0v) is 8.91. The molecule has 0 heterocycles. The van der Waals surface area contributed by atoms with E-state index in [9.17, 15) is 9.59 Å². The molecule has 0 aromatic rings. The van der Waals surface area contributed by atoms with Gasteiger partial charge in [0.1, 0.15) is 0 Å². The number of unbranched alkanes of at least 4 members (excludes halogenated alkanes) is 1. The van der Waals surface area contributed by atoms with E-state index in [4.69, 9.17) is 10.2 Å². The zero-order chi connectivity index (χ0) is 11.4. The van der Waals surface area contributed by atoms with E-state index < -0.39 is 17.4 Å². The van der Waals surface area contributed by atoms with Crippen molar-refractivity contribution in [1.29, 1.82) is 0 Å². The topological polar surface area (TPSA) is 74.6 Å². The van der Waals surface area contributed by atoms with Crippen LogP contribution >= 0.6 is 0 Å². The molecule has 0 aromatic carbocycles. The second-order valence-electron chi connectivity index (χ2n) is 3.86. The van der Waals surface area contributed by atoms with Gasteiger partial charge in [0, 0.05) is 0 Å². The quantitative estimate of drug-likeness (QED) is 0.512. The Bertz CT molecular complexity index is 213. The van der Waals surface area contributed by atoms with Crippen LogP contribution in [0, 0.1) is 11.3 Å². The minimum absolute atomic E-state index is 0. The second-order valence-corrected chi connectivity index (χ2v) is 3.86. The van der Waals surface area contributed by atoms with Gasteiger partial charge >= 0.3 is 30.8 Å². The summed E-state index contributed by atoms with van der Waals surface area (Å²) in [5, 5.41) is 17.8. The maximum atomic E-state index is 10.9. The summed E-state index contributed by atoms with van der Waals surface area (Å²) in [4.78, 5) is 21.8. The van der Waals surface area contributed by atoms with Gasteiger partial charge in [-0.15, -0.1) is 0 Å². The van der Waals surface area contributed by atoms with Crippen LogP contribution in [0.2, 0.25) is 0 Å². The number of carboxylic acids is 2. The van der Waals surface area contributed by atoms with E-state index in [1.807, 2.05) is 6.92 Å². The van der Waals surface area contributed by atoms with Crippen molar-refractivity contribution in [1.82, 2.24) is 0 Å². The summed E-state index contributed by atoms with van der Waals surface area (Å²) >= 11 is 0. The fraction of sp³-hybridized carbons (Fsp3) is 0.800. The first-order valence-electron chi connectivity index (χ1n) is 4.84. The molecule has 1 unspecified atom stereocenters. The molecule has 0 saturated carbocycles. The van der Waals surface area contributed by atoms with E-state index in [2.05, 4.69) is 0 Å². The number of carbonyl (C=O) groups is 2. The number of aliphatic carboxylic acids is 2. The predicted molar refractivity (Wildman–Crippen MR) is 59.2 cm³/mol. The third-order valence-corrected chi connectivity index (χ3v) is 2.86. The van der Waals surface area contributed by atoms with E-state index in [1.165, 1.54) is 6.92 Å². The van der Waals surface area contributed by atoms with Crippen LogP contribution in [-0.2, 0) is 9.59 Å². The Morgan fingerprint density at radius 2 is 1.67 bits per heavy atom. The van der Waals surface area contributed by atoms with Crippen molar-refractivity contribution in [3.63, 3.8) is 0 Å². The van der Waals surface area contributed by atoms with Gasteiger partial charge in [0.2, 0.25) is 0 Å². The van der Waals surface area contributed by atoms with Crippen LogP contribution < -0.4 is 0 Å². The third-order valence-electron chi connectivity index (χ3n) is 2.86. The molecule has 0 spiro atoms. The Balaban J connectivity index is 0. The Morgan fingerprint density at radius 3 is 1.93 bits per heavy atom. The van der Waals surface area contributed by atoms with Gasteiger partial charge in [-0.1, -0.05) is 26.7 Å². The first kappa shape index (κ1) is 16.9. The standard InChI is InChI=1S/C10H18O4.Li.H/c1-4-5-6-7(2)10(3,8(11)12)9(13)14;;/h7H,4-6H2,1-3H3,(H,11,12)(H,13,14);;. The molecule has 0 fully saturated rings. The molecule has 0 amide bonds. The molecule has 0 aliphatic rings. The van der Waals surface area contributed by atoms with Crippen molar-refractivity contribution in [3.8, 4) is 0 Å². The van der Waals surface area contributed by atoms with Crippen LogP contribution in [0.3, 0.4) is 0 Å². The van der Waals surface area contributed by atoms with Gasteiger partial charge < -0.3 is 10.2 Å². The Morgan fingerprint density at radius 1 is 1.27 bits per heavy atom. The number of carboxylic acid groups (broad SMARTS) is 2. The molecular formula is C10H19LiO4. The molecule has 0 radical (unpaired) electrons. The molecule has 0 rings (SSSR count). The van der Waals surface area contributed by atoms with Gasteiger partial charge in [0.15, 0.2) is 5.41 Å². The van der Waals surface area contributed by atoms with Crippen LogP contribution in [0.25, 0.3) is 0 Å². The summed E-state index contributed by atoms with van der Waals surface area (Å²) in [6.07, 6.45) is 2.43. The van der Waals surface area contributed by atoms with Crippen molar-refractivity contribution >= 4 is 30.8 Å². The van der Waals surface area contributed by atoms with Crippen molar-refractivity contribution in [3.05, 3.63) is 0 Å². The van der Waals surface area contributed by atoms with Crippen molar-refractivity contribution in [2.24, 2.45) is 11.3 Å². The molecule has 15 heavy (non-hydrogen) atoms. The fourth-order valence-electron chi connectivity index (χ4n) is 1.31. The van der Waals surface area contributed by atoms with E-state index in [1.54, 1.807) is 6.92 Å². The van der Waals surface area contributed by atoms with Gasteiger partial charge in [0.25, 0.3) is 0 Å². The molecule has 1 atom stereocenters. The fourth-order valence-corrected chi connectivity index (χ4v) is 1.31. The summed E-state index contributed by atoms with van der Waals surface area (Å²) in [6, 6.07) is 0. The van der Waals surface area contributed by atoms with E-state index >= 15 is 0 Å². The SMILES string of the molecule is CCCCC(C)C(C)(C(=O)O)C(=O)O.[LiH]. The molecule has 0 aromatic heterocycles. The first-order chi connectivity index (χ1) is 6.37. The van der Waals surface area contributed by atoms with Crippen molar-refractivity contribution < 1.29 is 19.8 Å². The molecule has 0 saturated heterocycles. The van der Waals surface area contributed by atoms with Gasteiger partial charge in [-0.25, -0.2) is 0 Å². The Kier molecular flexibility index (Phi) is 7.82. The van der Waals surface area contributed by atoms with Gasteiger partial charge in [-0.05, 0) is 19.3 Å². The van der Waals surface area contributed by atoms with E-state index in [-0.39, 0.29) is 24.8 Å². The van der Waals surface area contributed by atoms with Crippen LogP contribution in [0.5, 0.6) is 0 Å². The van der Waals surface area contributed by atoms with Crippen LogP contribution in [0.15, 0.2) is 0 Å². The van der Waals surface area contributed by atoms with Crippen LogP contribution in [0.4, 0.5) is 0 Å². The van der Waals surface area contributed by atoms with E-state index in [0.29, 0.717) is 6.42 Å². The summed E-state index contributed by atoms with van der Waals surface area (Å²) < 4.78 is 0. The summed E-state index contributed by atoms with van der Waals surface area (Å²) in [6.45, 7) is 4.95. The van der Waals surface area contributed by atoms with Gasteiger partial charge in [0.05, 0.1) is 0 Å². The number of hydrogen-bond donors (Lipinski definition) is 2. The zero-order valence-electron chi connectivity index (χ0n) is 8.91. The summed E-state index contributed by atoms with van der Waals surface area (Å²) in [5.74, 6) is -2.86. The molecule has 2 N–H and O–H groups in total. The summed E-state index contributed by atoms with van der Waals surface area (Å²) in [7, 11) is 0. The molecule has 0 aliphatic carbocycles. The first-order valence-corrected chi connectivity index (χ1v) is 4.84. The molecule has 0 aliphatic heterocycles.